The standard InChI is InChI=1S/C10H19NO2/c1-13-10(12)9(11)7-6-8-4-2-3-5-8/h8-9H,2-7,11H2,1H3. The first-order valence-corrected chi connectivity index (χ1v) is 5.07. The number of carbonyl (C=O) groups excluding carboxylic acids is 1. The summed E-state index contributed by atoms with van der Waals surface area (Å²) in [5.41, 5.74) is 5.63. The number of hydrogen-bond donors (Lipinski definition) is 1. The Morgan fingerprint density at radius 3 is 2.69 bits per heavy atom. The van der Waals surface area contributed by atoms with Crippen LogP contribution in [0.25, 0.3) is 0 Å². The van der Waals surface area contributed by atoms with E-state index in [-0.39, 0.29) is 5.97 Å². The van der Waals surface area contributed by atoms with Crippen molar-refractivity contribution in [1.29, 1.82) is 0 Å². The van der Waals surface area contributed by atoms with E-state index in [2.05, 4.69) is 4.74 Å². The van der Waals surface area contributed by atoms with Gasteiger partial charge in [0.2, 0.25) is 0 Å². The Kier molecular flexibility index (Phi) is 4.22. The summed E-state index contributed by atoms with van der Waals surface area (Å²) in [6.07, 6.45) is 7.17. The van der Waals surface area contributed by atoms with Gasteiger partial charge in [-0.2, -0.15) is 0 Å². The highest BCUT2D eigenvalue weighted by atomic mass is 16.5. The van der Waals surface area contributed by atoms with Crippen LogP contribution in [-0.2, 0) is 9.53 Å². The number of nitrogens with two attached hydrogens (primary N) is 1. The van der Waals surface area contributed by atoms with Crippen molar-refractivity contribution in [3.63, 3.8) is 0 Å². The quantitative estimate of drug-likeness (QED) is 0.674. The average Bonchev–Trinajstić information content (AvgIpc) is 2.65. The molecule has 0 spiro atoms. The van der Waals surface area contributed by atoms with Crippen molar-refractivity contribution in [2.45, 2.75) is 44.6 Å². The Labute approximate surface area is 79.6 Å². The molecule has 0 aliphatic heterocycles. The molecular formula is C10H19NO2. The summed E-state index contributed by atoms with van der Waals surface area (Å²) in [7, 11) is 1.39. The minimum Gasteiger partial charge on any atom is -0.468 e. The monoisotopic (exact) mass is 185 g/mol. The zero-order valence-corrected chi connectivity index (χ0v) is 8.29. The van der Waals surface area contributed by atoms with Gasteiger partial charge >= 0.3 is 5.97 Å². The maximum absolute atomic E-state index is 11.0. The van der Waals surface area contributed by atoms with E-state index in [1.807, 2.05) is 0 Å². The van der Waals surface area contributed by atoms with Crippen molar-refractivity contribution in [2.75, 3.05) is 7.11 Å². The third kappa shape index (κ3) is 3.35. The normalized spacial score (nSPS) is 20.2. The molecule has 3 heteroatoms. The second-order valence-corrected chi connectivity index (χ2v) is 3.86. The molecule has 0 aromatic rings. The van der Waals surface area contributed by atoms with Gasteiger partial charge in [-0.3, -0.25) is 4.79 Å². The van der Waals surface area contributed by atoms with E-state index in [4.69, 9.17) is 5.73 Å². The van der Waals surface area contributed by atoms with Gasteiger partial charge in [-0.25, -0.2) is 0 Å². The molecule has 1 fully saturated rings. The summed E-state index contributed by atoms with van der Waals surface area (Å²) < 4.78 is 4.56. The molecule has 3 nitrogen and oxygen atoms in total. The van der Waals surface area contributed by atoms with Crippen molar-refractivity contribution in [2.24, 2.45) is 11.7 Å². The van der Waals surface area contributed by atoms with Gasteiger partial charge in [0, 0.05) is 0 Å². The van der Waals surface area contributed by atoms with Gasteiger partial charge in [0.15, 0.2) is 0 Å². The first-order valence-electron chi connectivity index (χ1n) is 5.07. The van der Waals surface area contributed by atoms with E-state index in [1.165, 1.54) is 32.8 Å². The van der Waals surface area contributed by atoms with Crippen LogP contribution in [0.5, 0.6) is 0 Å². The van der Waals surface area contributed by atoms with Crippen LogP contribution in [0.3, 0.4) is 0 Å². The Balaban J connectivity index is 2.13. The Hall–Kier alpha value is -0.570. The van der Waals surface area contributed by atoms with Gasteiger partial charge in [-0.05, 0) is 18.8 Å². The molecule has 0 aromatic heterocycles. The fraction of sp³-hybridized carbons (Fsp3) is 0.900. The molecule has 0 amide bonds. The van der Waals surface area contributed by atoms with Crippen molar-refractivity contribution >= 4 is 5.97 Å². The summed E-state index contributed by atoms with van der Waals surface area (Å²) in [5.74, 6) is 0.522. The van der Waals surface area contributed by atoms with Gasteiger partial charge in [0.05, 0.1) is 7.11 Å². The number of rotatable bonds is 4. The first kappa shape index (κ1) is 10.5. The maximum atomic E-state index is 11.0. The fourth-order valence-electron chi connectivity index (χ4n) is 1.98. The Morgan fingerprint density at radius 2 is 2.15 bits per heavy atom. The molecule has 1 unspecified atom stereocenters. The molecule has 0 aromatic carbocycles. The molecule has 1 aliphatic carbocycles. The molecule has 1 saturated carbocycles. The van der Waals surface area contributed by atoms with E-state index in [0.717, 1.165) is 18.8 Å². The zero-order chi connectivity index (χ0) is 9.68. The Bertz CT molecular complexity index is 164. The number of hydrogen-bond acceptors (Lipinski definition) is 3. The first-order chi connectivity index (χ1) is 6.24. The molecule has 2 N–H and O–H groups in total. The lowest BCUT2D eigenvalue weighted by atomic mass is 9.99. The molecule has 0 radical (unpaired) electrons. The van der Waals surface area contributed by atoms with Gasteiger partial charge in [-0.1, -0.05) is 25.7 Å². The van der Waals surface area contributed by atoms with Crippen LogP contribution >= 0.6 is 0 Å². The molecule has 76 valence electrons. The molecule has 0 heterocycles. The van der Waals surface area contributed by atoms with E-state index in [1.54, 1.807) is 0 Å². The highest BCUT2D eigenvalue weighted by Crippen LogP contribution is 2.28. The summed E-state index contributed by atoms with van der Waals surface area (Å²) >= 11 is 0. The highest BCUT2D eigenvalue weighted by Gasteiger charge is 2.19. The van der Waals surface area contributed by atoms with E-state index in [0.29, 0.717) is 0 Å². The topological polar surface area (TPSA) is 52.3 Å². The third-order valence-corrected chi connectivity index (χ3v) is 2.86. The molecule has 13 heavy (non-hydrogen) atoms. The largest absolute Gasteiger partial charge is 0.468 e. The number of carbonyl (C=O) groups is 1. The van der Waals surface area contributed by atoms with Crippen molar-refractivity contribution in [1.82, 2.24) is 0 Å². The van der Waals surface area contributed by atoms with Crippen LogP contribution in [0.1, 0.15) is 38.5 Å². The number of methoxy groups -OCH3 is 1. The van der Waals surface area contributed by atoms with Gasteiger partial charge in [0.1, 0.15) is 6.04 Å². The van der Waals surface area contributed by atoms with Gasteiger partial charge in [-0.15, -0.1) is 0 Å². The van der Waals surface area contributed by atoms with Crippen LogP contribution in [0.2, 0.25) is 0 Å². The fourth-order valence-corrected chi connectivity index (χ4v) is 1.98. The van der Waals surface area contributed by atoms with Gasteiger partial charge in [0.25, 0.3) is 0 Å². The summed E-state index contributed by atoms with van der Waals surface area (Å²) in [6, 6.07) is -0.411. The SMILES string of the molecule is COC(=O)C(N)CCC1CCCC1. The van der Waals surface area contributed by atoms with Crippen LogP contribution in [0.15, 0.2) is 0 Å². The van der Waals surface area contributed by atoms with Crippen molar-refractivity contribution in [3.05, 3.63) is 0 Å². The third-order valence-electron chi connectivity index (χ3n) is 2.86. The zero-order valence-electron chi connectivity index (χ0n) is 8.29. The molecule has 0 bridgehead atoms. The molecule has 0 saturated heterocycles. The summed E-state index contributed by atoms with van der Waals surface area (Å²) in [5, 5.41) is 0. The van der Waals surface area contributed by atoms with Crippen LogP contribution in [0.4, 0.5) is 0 Å². The lowest BCUT2D eigenvalue weighted by Crippen LogP contribution is -2.31. The molecule has 1 aliphatic rings. The lowest BCUT2D eigenvalue weighted by molar-refractivity contribution is -0.142. The summed E-state index contributed by atoms with van der Waals surface area (Å²) in [4.78, 5) is 11.0. The molecular weight excluding hydrogens is 166 g/mol. The second-order valence-electron chi connectivity index (χ2n) is 3.86. The molecule has 1 atom stereocenters. The van der Waals surface area contributed by atoms with Crippen LogP contribution in [0, 0.1) is 5.92 Å². The predicted molar refractivity (Wildman–Crippen MR) is 51.2 cm³/mol. The van der Waals surface area contributed by atoms with Crippen LogP contribution < -0.4 is 5.73 Å². The Morgan fingerprint density at radius 1 is 1.54 bits per heavy atom. The lowest BCUT2D eigenvalue weighted by Gasteiger charge is -2.12. The van der Waals surface area contributed by atoms with E-state index >= 15 is 0 Å². The van der Waals surface area contributed by atoms with E-state index in [9.17, 15) is 4.79 Å². The average molecular weight is 185 g/mol. The summed E-state index contributed by atoms with van der Waals surface area (Å²) in [6.45, 7) is 0. The smallest absolute Gasteiger partial charge is 0.322 e. The highest BCUT2D eigenvalue weighted by molar-refractivity contribution is 5.75. The van der Waals surface area contributed by atoms with Crippen molar-refractivity contribution < 1.29 is 9.53 Å². The van der Waals surface area contributed by atoms with Crippen molar-refractivity contribution in [3.8, 4) is 0 Å². The minimum atomic E-state index is -0.411. The van der Waals surface area contributed by atoms with E-state index < -0.39 is 6.04 Å². The second kappa shape index (κ2) is 5.22. The maximum Gasteiger partial charge on any atom is 0.322 e. The predicted octanol–water partition coefficient (Wildman–Crippen LogP) is 1.46. The number of ether oxygens (including phenoxy) is 1. The van der Waals surface area contributed by atoms with Crippen LogP contribution in [-0.4, -0.2) is 19.1 Å². The van der Waals surface area contributed by atoms with Gasteiger partial charge < -0.3 is 10.5 Å². The molecule has 1 rings (SSSR count). The minimum absolute atomic E-state index is 0.280. The number of esters is 1.